The van der Waals surface area contributed by atoms with Gasteiger partial charge in [0.05, 0.1) is 0 Å². The van der Waals surface area contributed by atoms with E-state index in [1.165, 1.54) is 0 Å². The van der Waals surface area contributed by atoms with E-state index in [0.717, 1.165) is 33.8 Å². The minimum atomic E-state index is -0.151. The summed E-state index contributed by atoms with van der Waals surface area (Å²) >= 11 is 0. The van der Waals surface area contributed by atoms with E-state index in [1.54, 1.807) is 6.20 Å². The first-order valence-electron chi connectivity index (χ1n) is 9.16. The van der Waals surface area contributed by atoms with E-state index in [9.17, 15) is 9.59 Å². The van der Waals surface area contributed by atoms with Crippen molar-refractivity contribution in [2.75, 3.05) is 23.7 Å². The molecule has 0 atom stereocenters. The van der Waals surface area contributed by atoms with Crippen LogP contribution < -0.4 is 16.0 Å². The van der Waals surface area contributed by atoms with Crippen LogP contribution in [-0.2, 0) is 9.59 Å². The highest BCUT2D eigenvalue weighted by atomic mass is 16.2. The standard InChI is InChI=1S/C21H28N4O2/c1-14-12-16(3)20(17(4)13-14)25-19(27)8-7-18(26)22-10-11-24-21-15(2)6-5-9-23-21/h5-6,9,12-13H,7-8,10-11H2,1-4H3,(H,22,26)(H,23,24)(H,25,27). The average molecular weight is 368 g/mol. The Bertz CT molecular complexity index is 795. The quantitative estimate of drug-likeness (QED) is 0.625. The number of benzene rings is 1. The monoisotopic (exact) mass is 368 g/mol. The number of aryl methyl sites for hydroxylation is 4. The molecule has 2 aromatic rings. The van der Waals surface area contributed by atoms with Crippen molar-refractivity contribution in [3.05, 3.63) is 52.7 Å². The number of aromatic nitrogens is 1. The topological polar surface area (TPSA) is 83.1 Å². The molecule has 0 saturated carbocycles. The number of hydrogen-bond acceptors (Lipinski definition) is 4. The molecule has 2 amide bonds. The van der Waals surface area contributed by atoms with Crippen molar-refractivity contribution in [3.8, 4) is 0 Å². The zero-order chi connectivity index (χ0) is 19.8. The first kappa shape index (κ1) is 20.4. The number of nitrogens with one attached hydrogen (secondary N) is 3. The van der Waals surface area contributed by atoms with Crippen molar-refractivity contribution < 1.29 is 9.59 Å². The van der Waals surface area contributed by atoms with Crippen molar-refractivity contribution in [2.45, 2.75) is 40.5 Å². The van der Waals surface area contributed by atoms with E-state index in [1.807, 2.05) is 52.0 Å². The minimum absolute atomic E-state index is 0.137. The van der Waals surface area contributed by atoms with E-state index < -0.39 is 0 Å². The van der Waals surface area contributed by atoms with Crippen LogP contribution in [0, 0.1) is 27.7 Å². The van der Waals surface area contributed by atoms with Crippen LogP contribution in [0.2, 0.25) is 0 Å². The van der Waals surface area contributed by atoms with Gasteiger partial charge in [-0.1, -0.05) is 23.8 Å². The fourth-order valence-corrected chi connectivity index (χ4v) is 2.95. The van der Waals surface area contributed by atoms with E-state index in [-0.39, 0.29) is 24.7 Å². The van der Waals surface area contributed by atoms with Crippen LogP contribution in [0.5, 0.6) is 0 Å². The molecule has 0 aliphatic carbocycles. The van der Waals surface area contributed by atoms with Crippen LogP contribution in [0.25, 0.3) is 0 Å². The van der Waals surface area contributed by atoms with Crippen molar-refractivity contribution in [1.82, 2.24) is 10.3 Å². The van der Waals surface area contributed by atoms with Gasteiger partial charge in [0.2, 0.25) is 11.8 Å². The molecule has 2 rings (SSSR count). The van der Waals surface area contributed by atoms with Gasteiger partial charge in [-0.2, -0.15) is 0 Å². The second kappa shape index (κ2) is 9.71. The SMILES string of the molecule is Cc1cc(C)c(NC(=O)CCC(=O)NCCNc2ncccc2C)c(C)c1. The summed E-state index contributed by atoms with van der Waals surface area (Å²) in [5.41, 5.74) is 5.11. The van der Waals surface area contributed by atoms with Gasteiger partial charge >= 0.3 is 0 Å². The Morgan fingerprint density at radius 2 is 1.59 bits per heavy atom. The van der Waals surface area contributed by atoms with Gasteiger partial charge in [0, 0.05) is 37.8 Å². The normalized spacial score (nSPS) is 10.4. The lowest BCUT2D eigenvalue weighted by molar-refractivity contribution is -0.124. The Morgan fingerprint density at radius 3 is 2.26 bits per heavy atom. The first-order chi connectivity index (χ1) is 12.9. The summed E-state index contributed by atoms with van der Waals surface area (Å²) in [6.45, 7) is 9.01. The molecule has 1 aromatic carbocycles. The van der Waals surface area contributed by atoms with Crippen molar-refractivity contribution in [3.63, 3.8) is 0 Å². The molecule has 1 aromatic heterocycles. The molecule has 27 heavy (non-hydrogen) atoms. The fourth-order valence-electron chi connectivity index (χ4n) is 2.95. The number of nitrogens with zero attached hydrogens (tertiary/aromatic N) is 1. The number of carbonyl (C=O) groups is 2. The Hall–Kier alpha value is -2.89. The summed E-state index contributed by atoms with van der Waals surface area (Å²) < 4.78 is 0. The van der Waals surface area contributed by atoms with Crippen molar-refractivity contribution >= 4 is 23.3 Å². The van der Waals surface area contributed by atoms with Gasteiger partial charge in [-0.15, -0.1) is 0 Å². The lowest BCUT2D eigenvalue weighted by atomic mass is 10.0. The smallest absolute Gasteiger partial charge is 0.224 e. The Labute approximate surface area is 160 Å². The van der Waals surface area contributed by atoms with Gasteiger partial charge in [-0.25, -0.2) is 4.98 Å². The molecule has 0 aliphatic rings. The van der Waals surface area contributed by atoms with Crippen molar-refractivity contribution in [2.24, 2.45) is 0 Å². The number of carbonyl (C=O) groups excluding carboxylic acids is 2. The third-order valence-corrected chi connectivity index (χ3v) is 4.27. The fraction of sp³-hybridized carbons (Fsp3) is 0.381. The zero-order valence-electron chi connectivity index (χ0n) is 16.5. The summed E-state index contributed by atoms with van der Waals surface area (Å²) in [5, 5.41) is 8.91. The predicted molar refractivity (Wildman–Crippen MR) is 109 cm³/mol. The third-order valence-electron chi connectivity index (χ3n) is 4.27. The zero-order valence-corrected chi connectivity index (χ0v) is 16.5. The second-order valence-corrected chi connectivity index (χ2v) is 6.77. The highest BCUT2D eigenvalue weighted by Crippen LogP contribution is 2.22. The van der Waals surface area contributed by atoms with E-state index in [2.05, 4.69) is 20.9 Å². The van der Waals surface area contributed by atoms with Gasteiger partial charge in [0.15, 0.2) is 0 Å². The van der Waals surface area contributed by atoms with Gasteiger partial charge in [0.25, 0.3) is 0 Å². The Kier molecular flexibility index (Phi) is 7.34. The van der Waals surface area contributed by atoms with Gasteiger partial charge in [0.1, 0.15) is 5.82 Å². The highest BCUT2D eigenvalue weighted by Gasteiger charge is 2.10. The number of pyridine rings is 1. The highest BCUT2D eigenvalue weighted by molar-refractivity contribution is 5.94. The summed E-state index contributed by atoms with van der Waals surface area (Å²) in [4.78, 5) is 28.3. The number of rotatable bonds is 8. The molecule has 0 aliphatic heterocycles. The van der Waals surface area contributed by atoms with Crippen LogP contribution in [0.1, 0.15) is 35.1 Å². The number of amides is 2. The second-order valence-electron chi connectivity index (χ2n) is 6.77. The number of anilines is 2. The maximum Gasteiger partial charge on any atom is 0.224 e. The number of hydrogen-bond donors (Lipinski definition) is 3. The molecular formula is C21H28N4O2. The minimum Gasteiger partial charge on any atom is -0.368 e. The van der Waals surface area contributed by atoms with Gasteiger partial charge in [-0.3, -0.25) is 9.59 Å². The van der Waals surface area contributed by atoms with Gasteiger partial charge < -0.3 is 16.0 Å². The van der Waals surface area contributed by atoms with Crippen molar-refractivity contribution in [1.29, 1.82) is 0 Å². The van der Waals surface area contributed by atoms with Crippen LogP contribution in [0.3, 0.4) is 0 Å². The van der Waals surface area contributed by atoms with E-state index >= 15 is 0 Å². The molecule has 6 nitrogen and oxygen atoms in total. The maximum absolute atomic E-state index is 12.1. The van der Waals surface area contributed by atoms with Crippen LogP contribution >= 0.6 is 0 Å². The van der Waals surface area contributed by atoms with Crippen LogP contribution in [0.4, 0.5) is 11.5 Å². The maximum atomic E-state index is 12.1. The Morgan fingerprint density at radius 1 is 0.926 bits per heavy atom. The van der Waals surface area contributed by atoms with E-state index in [4.69, 9.17) is 0 Å². The van der Waals surface area contributed by atoms with E-state index in [0.29, 0.717) is 13.1 Å². The largest absolute Gasteiger partial charge is 0.368 e. The Balaban J connectivity index is 1.69. The molecule has 6 heteroatoms. The summed E-state index contributed by atoms with van der Waals surface area (Å²) in [6, 6.07) is 7.92. The molecule has 144 valence electrons. The molecule has 0 radical (unpaired) electrons. The summed E-state index contributed by atoms with van der Waals surface area (Å²) in [6.07, 6.45) is 2.05. The molecule has 1 heterocycles. The lowest BCUT2D eigenvalue weighted by Gasteiger charge is -2.13. The van der Waals surface area contributed by atoms with Crippen LogP contribution in [0.15, 0.2) is 30.5 Å². The molecule has 0 bridgehead atoms. The lowest BCUT2D eigenvalue weighted by Crippen LogP contribution is -2.29. The molecule has 0 unspecified atom stereocenters. The third kappa shape index (κ3) is 6.40. The van der Waals surface area contributed by atoms with Gasteiger partial charge in [-0.05, 0) is 50.5 Å². The summed E-state index contributed by atoms with van der Waals surface area (Å²) in [7, 11) is 0. The van der Waals surface area contributed by atoms with Crippen LogP contribution in [-0.4, -0.2) is 29.9 Å². The molecule has 0 saturated heterocycles. The molecule has 0 spiro atoms. The predicted octanol–water partition coefficient (Wildman–Crippen LogP) is 3.26. The average Bonchev–Trinajstić information content (AvgIpc) is 2.61. The summed E-state index contributed by atoms with van der Waals surface area (Å²) in [5.74, 6) is 0.527. The first-order valence-corrected chi connectivity index (χ1v) is 9.16. The molecular weight excluding hydrogens is 340 g/mol. The molecule has 3 N–H and O–H groups in total. The molecule has 0 fully saturated rings.